The minimum Gasteiger partial charge on any atom is -0.399 e. The summed E-state index contributed by atoms with van der Waals surface area (Å²) in [6.45, 7) is -0.953. The summed E-state index contributed by atoms with van der Waals surface area (Å²) in [5, 5.41) is 0.830. The lowest BCUT2D eigenvalue weighted by molar-refractivity contribution is -0.120. The predicted molar refractivity (Wildman–Crippen MR) is 72.6 cm³/mol. The van der Waals surface area contributed by atoms with Crippen LogP contribution in [-0.4, -0.2) is 23.7 Å². The summed E-state index contributed by atoms with van der Waals surface area (Å²) in [7, 11) is 0. The van der Waals surface area contributed by atoms with E-state index in [0.29, 0.717) is 17.0 Å². The quantitative estimate of drug-likeness (QED) is 0.877. The van der Waals surface area contributed by atoms with Gasteiger partial charge in [-0.1, -0.05) is 0 Å². The van der Waals surface area contributed by atoms with Crippen LogP contribution in [0.5, 0.6) is 0 Å². The van der Waals surface area contributed by atoms with Crippen LogP contribution < -0.4 is 10.6 Å². The largest absolute Gasteiger partial charge is 0.405 e. The molecule has 2 aromatic rings. The number of anilines is 2. The van der Waals surface area contributed by atoms with Gasteiger partial charge >= 0.3 is 6.18 Å². The summed E-state index contributed by atoms with van der Waals surface area (Å²) in [5.74, 6) is 0.377. The summed E-state index contributed by atoms with van der Waals surface area (Å²) in [6, 6.07) is 8.54. The Balaban J connectivity index is 1.96. The molecule has 0 radical (unpaired) electrons. The normalized spacial score (nSPS) is 15.6. The first-order valence-electron chi connectivity index (χ1n) is 6.42. The third-order valence-corrected chi connectivity index (χ3v) is 3.33. The van der Waals surface area contributed by atoms with Gasteiger partial charge in [-0.15, -0.1) is 0 Å². The first-order valence-corrected chi connectivity index (χ1v) is 6.42. The average Bonchev–Trinajstić information content (AvgIpc) is 3.18. The molecule has 1 aromatic heterocycles. The molecule has 3 nitrogen and oxygen atoms in total. The van der Waals surface area contributed by atoms with Crippen molar-refractivity contribution in [2.75, 3.05) is 17.2 Å². The number of hydrogen-bond acceptors (Lipinski definition) is 3. The lowest BCUT2D eigenvalue weighted by atomic mass is 10.2. The summed E-state index contributed by atoms with van der Waals surface area (Å²) in [4.78, 5) is 5.68. The number of hydrogen-bond donors (Lipinski definition) is 1. The van der Waals surface area contributed by atoms with Crippen LogP contribution in [0.1, 0.15) is 12.8 Å². The van der Waals surface area contributed by atoms with Gasteiger partial charge in [0.1, 0.15) is 12.4 Å². The molecule has 0 unspecified atom stereocenters. The van der Waals surface area contributed by atoms with Crippen LogP contribution in [0.3, 0.4) is 0 Å². The van der Waals surface area contributed by atoms with Gasteiger partial charge in [0, 0.05) is 17.1 Å². The molecule has 106 valence electrons. The van der Waals surface area contributed by atoms with Gasteiger partial charge in [-0.2, -0.15) is 13.2 Å². The number of nitrogens with zero attached hydrogens (tertiary/aromatic N) is 2. The minimum absolute atomic E-state index is 0.0460. The van der Waals surface area contributed by atoms with Crippen LogP contribution in [0.25, 0.3) is 10.9 Å². The number of benzene rings is 1. The number of rotatable bonds is 3. The van der Waals surface area contributed by atoms with E-state index in [9.17, 15) is 13.2 Å². The van der Waals surface area contributed by atoms with Gasteiger partial charge in [0.25, 0.3) is 0 Å². The zero-order valence-electron chi connectivity index (χ0n) is 10.7. The van der Waals surface area contributed by atoms with Crippen molar-refractivity contribution in [3.05, 3.63) is 30.3 Å². The van der Waals surface area contributed by atoms with Crippen LogP contribution in [0, 0.1) is 0 Å². The maximum Gasteiger partial charge on any atom is 0.405 e. The Morgan fingerprint density at radius 1 is 1.20 bits per heavy atom. The third kappa shape index (κ3) is 2.79. The monoisotopic (exact) mass is 281 g/mol. The highest BCUT2D eigenvalue weighted by Gasteiger charge is 2.38. The molecule has 0 aliphatic heterocycles. The van der Waals surface area contributed by atoms with E-state index in [4.69, 9.17) is 5.73 Å². The first kappa shape index (κ1) is 13.0. The molecular weight excluding hydrogens is 267 g/mol. The molecule has 6 heteroatoms. The SMILES string of the molecule is Nc1ccc2nc(N(CC(F)(F)F)C3CC3)ccc2c1. The number of nitrogens with two attached hydrogens (primary N) is 1. The van der Waals surface area contributed by atoms with E-state index in [-0.39, 0.29) is 6.04 Å². The number of alkyl halides is 3. The van der Waals surface area contributed by atoms with Gasteiger partial charge in [0.15, 0.2) is 0 Å². The third-order valence-electron chi connectivity index (χ3n) is 3.33. The summed E-state index contributed by atoms with van der Waals surface area (Å²) >= 11 is 0. The Labute approximate surface area is 114 Å². The highest BCUT2D eigenvalue weighted by atomic mass is 19.4. The molecule has 2 N–H and O–H groups in total. The van der Waals surface area contributed by atoms with E-state index in [1.54, 1.807) is 30.3 Å². The fourth-order valence-electron chi connectivity index (χ4n) is 2.27. The van der Waals surface area contributed by atoms with Crippen molar-refractivity contribution in [3.63, 3.8) is 0 Å². The molecule has 1 fully saturated rings. The molecule has 20 heavy (non-hydrogen) atoms. The van der Waals surface area contributed by atoms with Crippen LogP contribution in [0.4, 0.5) is 24.7 Å². The van der Waals surface area contributed by atoms with Crippen LogP contribution in [-0.2, 0) is 0 Å². The van der Waals surface area contributed by atoms with Crippen molar-refractivity contribution >= 4 is 22.4 Å². The second-order valence-electron chi connectivity index (χ2n) is 5.10. The Morgan fingerprint density at radius 3 is 2.60 bits per heavy atom. The Morgan fingerprint density at radius 2 is 1.95 bits per heavy atom. The Hall–Kier alpha value is -1.98. The van der Waals surface area contributed by atoms with Gasteiger partial charge < -0.3 is 10.6 Å². The second-order valence-corrected chi connectivity index (χ2v) is 5.10. The molecule has 0 amide bonds. The van der Waals surface area contributed by atoms with Gasteiger partial charge in [-0.25, -0.2) is 4.98 Å². The molecule has 1 heterocycles. The van der Waals surface area contributed by atoms with Crippen molar-refractivity contribution in [1.82, 2.24) is 4.98 Å². The fraction of sp³-hybridized carbons (Fsp3) is 0.357. The summed E-state index contributed by atoms with van der Waals surface area (Å²) < 4.78 is 38.0. The standard InChI is InChI=1S/C14H14F3N3/c15-14(16,17)8-20(11-3-4-11)13-6-1-9-7-10(18)2-5-12(9)19-13/h1-2,5-7,11H,3-4,8,18H2. The van der Waals surface area contributed by atoms with Crippen LogP contribution in [0.2, 0.25) is 0 Å². The van der Waals surface area contributed by atoms with Crippen LogP contribution in [0.15, 0.2) is 30.3 Å². The molecule has 0 spiro atoms. The number of halogens is 3. The number of aromatic nitrogens is 1. The molecule has 1 aliphatic carbocycles. The van der Waals surface area contributed by atoms with Gasteiger partial charge in [-0.3, -0.25) is 0 Å². The zero-order valence-corrected chi connectivity index (χ0v) is 10.7. The van der Waals surface area contributed by atoms with Crippen LogP contribution >= 0.6 is 0 Å². The van der Waals surface area contributed by atoms with Gasteiger partial charge in [0.05, 0.1) is 5.52 Å². The molecule has 0 saturated heterocycles. The Bertz CT molecular complexity index is 635. The van der Waals surface area contributed by atoms with Gasteiger partial charge in [-0.05, 0) is 43.2 Å². The molecule has 1 aromatic carbocycles. The van der Waals surface area contributed by atoms with Gasteiger partial charge in [0.2, 0.25) is 0 Å². The summed E-state index contributed by atoms with van der Waals surface area (Å²) in [6.07, 6.45) is -2.64. The fourth-order valence-corrected chi connectivity index (χ4v) is 2.27. The van der Waals surface area contributed by atoms with Crippen molar-refractivity contribution in [2.24, 2.45) is 0 Å². The van der Waals surface area contributed by atoms with E-state index in [1.807, 2.05) is 0 Å². The highest BCUT2D eigenvalue weighted by Crippen LogP contribution is 2.34. The van der Waals surface area contributed by atoms with E-state index in [2.05, 4.69) is 4.98 Å². The van der Waals surface area contributed by atoms with E-state index < -0.39 is 12.7 Å². The summed E-state index contributed by atoms with van der Waals surface area (Å²) in [5.41, 5.74) is 6.95. The number of fused-ring (bicyclic) bond motifs is 1. The maximum atomic E-state index is 12.7. The average molecular weight is 281 g/mol. The number of nitrogen functional groups attached to an aromatic ring is 1. The highest BCUT2D eigenvalue weighted by molar-refractivity contribution is 5.83. The lowest BCUT2D eigenvalue weighted by Gasteiger charge is -2.25. The van der Waals surface area contributed by atoms with Crippen molar-refractivity contribution in [3.8, 4) is 0 Å². The van der Waals surface area contributed by atoms with Crippen molar-refractivity contribution in [1.29, 1.82) is 0 Å². The van der Waals surface area contributed by atoms with E-state index >= 15 is 0 Å². The Kier molecular flexibility index (Phi) is 2.96. The first-order chi connectivity index (χ1) is 9.42. The maximum absolute atomic E-state index is 12.7. The molecule has 0 bridgehead atoms. The topological polar surface area (TPSA) is 42.1 Å². The number of pyridine rings is 1. The lowest BCUT2D eigenvalue weighted by Crippen LogP contribution is -2.36. The molecule has 1 aliphatic rings. The minimum atomic E-state index is -4.22. The molecule has 1 saturated carbocycles. The van der Waals surface area contributed by atoms with E-state index in [1.165, 1.54) is 4.90 Å². The second kappa shape index (κ2) is 4.54. The molecule has 3 rings (SSSR count). The van der Waals surface area contributed by atoms with Crippen molar-refractivity contribution in [2.45, 2.75) is 25.1 Å². The molecular formula is C14H14F3N3. The molecule has 0 atom stereocenters. The van der Waals surface area contributed by atoms with Crippen molar-refractivity contribution < 1.29 is 13.2 Å². The predicted octanol–water partition coefficient (Wildman–Crippen LogP) is 3.35. The smallest absolute Gasteiger partial charge is 0.399 e. The van der Waals surface area contributed by atoms with E-state index in [0.717, 1.165) is 18.2 Å². The zero-order chi connectivity index (χ0) is 14.3.